The van der Waals surface area contributed by atoms with Crippen LogP contribution >= 0.6 is 11.3 Å². The van der Waals surface area contributed by atoms with E-state index in [0.29, 0.717) is 18.9 Å². The molecule has 2 N–H and O–H groups in total. The van der Waals surface area contributed by atoms with E-state index in [1.807, 2.05) is 18.4 Å². The van der Waals surface area contributed by atoms with Gasteiger partial charge < -0.3 is 5.32 Å². The molecule has 0 fully saturated rings. The van der Waals surface area contributed by atoms with Crippen molar-refractivity contribution in [2.24, 2.45) is 0 Å². The Bertz CT molecular complexity index is 492. The summed E-state index contributed by atoms with van der Waals surface area (Å²) in [4.78, 5) is 11.6. The van der Waals surface area contributed by atoms with Crippen LogP contribution < -0.4 is 10.6 Å². The maximum Gasteiger partial charge on any atom is 0.320 e. The minimum absolute atomic E-state index is 0.191. The van der Waals surface area contributed by atoms with Crippen molar-refractivity contribution in [3.05, 3.63) is 34.7 Å². The normalized spacial score (nSPS) is 10.3. The van der Waals surface area contributed by atoms with Gasteiger partial charge in [-0.25, -0.2) is 9.48 Å². The number of amides is 2. The lowest BCUT2D eigenvalue weighted by Crippen LogP contribution is -2.30. The minimum Gasteiger partial charge on any atom is -0.338 e. The van der Waals surface area contributed by atoms with E-state index >= 15 is 0 Å². The van der Waals surface area contributed by atoms with E-state index in [1.54, 1.807) is 28.3 Å². The molecule has 6 heteroatoms. The molecule has 0 unspecified atom stereocenters. The maximum atomic E-state index is 11.6. The highest BCUT2D eigenvalue weighted by atomic mass is 32.1. The van der Waals surface area contributed by atoms with E-state index in [1.165, 1.54) is 5.56 Å². The number of carbonyl (C=O) groups is 1. The van der Waals surface area contributed by atoms with Crippen LogP contribution in [0.3, 0.4) is 0 Å². The molecule has 2 aromatic heterocycles. The van der Waals surface area contributed by atoms with Gasteiger partial charge in [-0.2, -0.15) is 16.4 Å². The molecule has 2 aromatic rings. The van der Waals surface area contributed by atoms with Crippen LogP contribution in [-0.2, 0) is 6.54 Å². The van der Waals surface area contributed by atoms with Crippen molar-refractivity contribution in [2.75, 3.05) is 11.9 Å². The molecule has 2 heterocycles. The zero-order chi connectivity index (χ0) is 12.8. The Morgan fingerprint density at radius 3 is 3.11 bits per heavy atom. The summed E-state index contributed by atoms with van der Waals surface area (Å²) in [6, 6.07) is 3.65. The van der Waals surface area contributed by atoms with Gasteiger partial charge in [0.1, 0.15) is 5.82 Å². The smallest absolute Gasteiger partial charge is 0.320 e. The zero-order valence-corrected chi connectivity index (χ0v) is 11.0. The lowest BCUT2D eigenvalue weighted by Gasteiger charge is -2.09. The number of nitrogens with zero attached hydrogens (tertiary/aromatic N) is 2. The number of thiophene rings is 1. The van der Waals surface area contributed by atoms with E-state index in [4.69, 9.17) is 0 Å². The summed E-state index contributed by atoms with van der Waals surface area (Å²) < 4.78 is 1.77. The summed E-state index contributed by atoms with van der Waals surface area (Å²) in [5, 5.41) is 13.9. The summed E-state index contributed by atoms with van der Waals surface area (Å²) >= 11 is 1.65. The Balaban J connectivity index is 1.97. The molecule has 0 saturated heterocycles. The lowest BCUT2D eigenvalue weighted by atomic mass is 10.3. The standard InChI is InChI=1S/C12H16N4OS/c1-2-5-13-12(17)15-11-3-6-14-16(11)8-10-4-7-18-9-10/h3-4,6-7,9H,2,5,8H2,1H3,(H2,13,15,17). The van der Waals surface area contributed by atoms with Crippen LogP contribution in [0.25, 0.3) is 0 Å². The van der Waals surface area contributed by atoms with Crippen LogP contribution in [-0.4, -0.2) is 22.4 Å². The van der Waals surface area contributed by atoms with Crippen LogP contribution in [0.5, 0.6) is 0 Å². The van der Waals surface area contributed by atoms with Crippen molar-refractivity contribution < 1.29 is 4.79 Å². The van der Waals surface area contributed by atoms with Crippen LogP contribution in [0, 0.1) is 0 Å². The van der Waals surface area contributed by atoms with Crippen molar-refractivity contribution in [2.45, 2.75) is 19.9 Å². The number of nitrogens with one attached hydrogen (secondary N) is 2. The highest BCUT2D eigenvalue weighted by Crippen LogP contribution is 2.12. The van der Waals surface area contributed by atoms with Crippen molar-refractivity contribution in [1.82, 2.24) is 15.1 Å². The van der Waals surface area contributed by atoms with E-state index < -0.39 is 0 Å². The monoisotopic (exact) mass is 264 g/mol. The van der Waals surface area contributed by atoms with Gasteiger partial charge in [0.2, 0.25) is 0 Å². The number of aromatic nitrogens is 2. The molecule has 0 aliphatic heterocycles. The Morgan fingerprint density at radius 2 is 2.39 bits per heavy atom. The quantitative estimate of drug-likeness (QED) is 0.871. The summed E-state index contributed by atoms with van der Waals surface area (Å²) in [7, 11) is 0. The van der Waals surface area contributed by atoms with Crippen LogP contribution in [0.4, 0.5) is 10.6 Å². The predicted molar refractivity (Wildman–Crippen MR) is 73.0 cm³/mol. The molecule has 0 aliphatic carbocycles. The molecule has 2 amide bonds. The van der Waals surface area contributed by atoms with E-state index in [-0.39, 0.29) is 6.03 Å². The zero-order valence-electron chi connectivity index (χ0n) is 10.2. The van der Waals surface area contributed by atoms with E-state index in [9.17, 15) is 4.79 Å². The molecule has 0 atom stereocenters. The van der Waals surface area contributed by atoms with Gasteiger partial charge in [0, 0.05) is 12.6 Å². The van der Waals surface area contributed by atoms with Crippen molar-refractivity contribution in [3.63, 3.8) is 0 Å². The van der Waals surface area contributed by atoms with Crippen molar-refractivity contribution >= 4 is 23.2 Å². The summed E-state index contributed by atoms with van der Waals surface area (Å²) in [5.41, 5.74) is 1.18. The van der Waals surface area contributed by atoms with Crippen LogP contribution in [0.15, 0.2) is 29.1 Å². The number of carbonyl (C=O) groups excluding carboxylic acids is 1. The number of rotatable bonds is 5. The highest BCUT2D eigenvalue weighted by molar-refractivity contribution is 7.07. The van der Waals surface area contributed by atoms with E-state index in [2.05, 4.69) is 21.1 Å². The Kier molecular flexibility index (Phi) is 4.35. The fourth-order valence-electron chi connectivity index (χ4n) is 1.52. The van der Waals surface area contributed by atoms with E-state index in [0.717, 1.165) is 6.42 Å². The highest BCUT2D eigenvalue weighted by Gasteiger charge is 2.06. The molecule has 0 spiro atoms. The average molecular weight is 264 g/mol. The molecule has 0 saturated carbocycles. The second-order valence-electron chi connectivity index (χ2n) is 3.89. The summed E-state index contributed by atoms with van der Waals surface area (Å²) in [6.45, 7) is 3.35. The van der Waals surface area contributed by atoms with Crippen LogP contribution in [0.2, 0.25) is 0 Å². The van der Waals surface area contributed by atoms with Gasteiger partial charge in [-0.05, 0) is 28.8 Å². The SMILES string of the molecule is CCCNC(=O)Nc1ccnn1Cc1ccsc1. The molecular weight excluding hydrogens is 248 g/mol. The fourth-order valence-corrected chi connectivity index (χ4v) is 2.18. The molecule has 0 bridgehead atoms. The third-order valence-corrected chi connectivity index (χ3v) is 3.14. The molecule has 0 aromatic carbocycles. The fraction of sp³-hybridized carbons (Fsp3) is 0.333. The number of urea groups is 1. The third-order valence-electron chi connectivity index (χ3n) is 2.41. The minimum atomic E-state index is -0.191. The third kappa shape index (κ3) is 3.33. The van der Waals surface area contributed by atoms with Crippen LogP contribution in [0.1, 0.15) is 18.9 Å². The van der Waals surface area contributed by atoms with Gasteiger partial charge in [0.25, 0.3) is 0 Å². The number of hydrogen-bond acceptors (Lipinski definition) is 3. The first-order valence-electron chi connectivity index (χ1n) is 5.87. The van der Waals surface area contributed by atoms with Gasteiger partial charge in [-0.3, -0.25) is 5.32 Å². The second-order valence-corrected chi connectivity index (χ2v) is 4.67. The largest absolute Gasteiger partial charge is 0.338 e. The molecule has 5 nitrogen and oxygen atoms in total. The van der Waals surface area contributed by atoms with Gasteiger partial charge in [0.05, 0.1) is 12.7 Å². The number of anilines is 1. The van der Waals surface area contributed by atoms with Gasteiger partial charge in [-0.15, -0.1) is 0 Å². The van der Waals surface area contributed by atoms with Gasteiger partial charge >= 0.3 is 6.03 Å². The molecule has 18 heavy (non-hydrogen) atoms. The first kappa shape index (κ1) is 12.6. The Labute approximate surface area is 110 Å². The molecule has 0 aliphatic rings. The molecule has 2 rings (SSSR count). The predicted octanol–water partition coefficient (Wildman–Crippen LogP) is 2.52. The average Bonchev–Trinajstić information content (AvgIpc) is 3.00. The Hall–Kier alpha value is -1.82. The first-order chi connectivity index (χ1) is 8.79. The second kappa shape index (κ2) is 6.20. The summed E-state index contributed by atoms with van der Waals surface area (Å²) in [6.07, 6.45) is 2.60. The topological polar surface area (TPSA) is 59.0 Å². The molecule has 96 valence electrons. The number of hydrogen-bond donors (Lipinski definition) is 2. The van der Waals surface area contributed by atoms with Crippen molar-refractivity contribution in [1.29, 1.82) is 0 Å². The van der Waals surface area contributed by atoms with Gasteiger partial charge in [0.15, 0.2) is 0 Å². The van der Waals surface area contributed by atoms with Crippen molar-refractivity contribution in [3.8, 4) is 0 Å². The van der Waals surface area contributed by atoms with Gasteiger partial charge in [-0.1, -0.05) is 6.92 Å². The first-order valence-corrected chi connectivity index (χ1v) is 6.81. The maximum absolute atomic E-state index is 11.6. The molecule has 0 radical (unpaired) electrons. The Morgan fingerprint density at radius 1 is 1.50 bits per heavy atom. The molecular formula is C12H16N4OS. The summed E-state index contributed by atoms with van der Waals surface area (Å²) in [5.74, 6) is 0.704. The lowest BCUT2D eigenvalue weighted by molar-refractivity contribution is 0.252.